The fourth-order valence-corrected chi connectivity index (χ4v) is 5.06. The Hall–Kier alpha value is -3.58. The van der Waals surface area contributed by atoms with E-state index in [1.54, 1.807) is 18.2 Å². The summed E-state index contributed by atoms with van der Waals surface area (Å²) in [5.74, 6) is 0.781. The number of sulfonamides is 1. The van der Waals surface area contributed by atoms with Gasteiger partial charge in [0.1, 0.15) is 12.7 Å². The maximum atomic E-state index is 11.5. The maximum absolute atomic E-state index is 11.5. The Labute approximate surface area is 238 Å². The number of nitriles is 1. The summed E-state index contributed by atoms with van der Waals surface area (Å²) in [5.41, 5.74) is 4.79. The summed E-state index contributed by atoms with van der Waals surface area (Å²) in [4.78, 5) is 10.8. The molecule has 0 radical (unpaired) electrons. The van der Waals surface area contributed by atoms with Gasteiger partial charge >= 0.3 is 0 Å². The third kappa shape index (κ3) is 6.71. The van der Waals surface area contributed by atoms with Crippen molar-refractivity contribution in [2.45, 2.75) is 26.3 Å². The molecule has 0 spiro atoms. The van der Waals surface area contributed by atoms with E-state index >= 15 is 0 Å². The molecule has 0 unspecified atom stereocenters. The van der Waals surface area contributed by atoms with Crippen molar-refractivity contribution in [2.75, 3.05) is 28.4 Å². The van der Waals surface area contributed by atoms with Crippen molar-refractivity contribution < 1.29 is 13.2 Å². The zero-order valence-corrected chi connectivity index (χ0v) is 24.2. The lowest BCUT2D eigenvalue weighted by Crippen LogP contribution is -2.37. The van der Waals surface area contributed by atoms with Gasteiger partial charge in [0.15, 0.2) is 11.6 Å². The first-order valence-corrected chi connectivity index (χ1v) is 14.8. The highest BCUT2D eigenvalue weighted by atomic mass is 35.5. The summed E-state index contributed by atoms with van der Waals surface area (Å²) in [6.07, 6.45) is 2.46. The minimum Gasteiger partial charge on any atom is -0.489 e. The molecule has 1 aromatic heterocycles. The average molecular weight is 585 g/mol. The van der Waals surface area contributed by atoms with Crippen molar-refractivity contribution in [1.29, 1.82) is 5.26 Å². The van der Waals surface area contributed by atoms with Crippen LogP contribution in [0.15, 0.2) is 60.8 Å². The number of hydrogen-bond acceptors (Lipinski definition) is 7. The summed E-state index contributed by atoms with van der Waals surface area (Å²) >= 11 is 12.3. The van der Waals surface area contributed by atoms with Gasteiger partial charge in [-0.1, -0.05) is 29.8 Å². The Morgan fingerprint density at radius 3 is 2.33 bits per heavy atom. The highest BCUT2D eigenvalue weighted by Gasteiger charge is 2.26. The summed E-state index contributed by atoms with van der Waals surface area (Å²) in [5, 5.41) is 10.1. The summed E-state index contributed by atoms with van der Waals surface area (Å²) in [6, 6.07) is 19.4. The predicted molar refractivity (Wildman–Crippen MR) is 158 cm³/mol. The molecule has 1 heterocycles. The van der Waals surface area contributed by atoms with E-state index in [4.69, 9.17) is 27.9 Å². The van der Waals surface area contributed by atoms with Crippen molar-refractivity contribution in [3.63, 3.8) is 0 Å². The van der Waals surface area contributed by atoms with Crippen LogP contribution in [-0.2, 0) is 10.0 Å². The van der Waals surface area contributed by atoms with Crippen LogP contribution in [0.4, 0.5) is 17.2 Å². The van der Waals surface area contributed by atoms with Crippen LogP contribution >= 0.6 is 23.2 Å². The Kier molecular flexibility index (Phi) is 8.21. The van der Waals surface area contributed by atoms with Crippen molar-refractivity contribution in [2.24, 2.45) is 0 Å². The molecule has 0 aliphatic heterocycles. The van der Waals surface area contributed by atoms with Crippen LogP contribution in [-0.4, -0.2) is 42.7 Å². The van der Waals surface area contributed by atoms with Gasteiger partial charge in [0.25, 0.3) is 0 Å². The van der Waals surface area contributed by atoms with Gasteiger partial charge in [-0.2, -0.15) is 5.26 Å². The van der Waals surface area contributed by atoms with E-state index in [0.717, 1.165) is 28.8 Å². The molecule has 202 valence electrons. The van der Waals surface area contributed by atoms with Crippen LogP contribution in [0.25, 0.3) is 22.2 Å². The van der Waals surface area contributed by atoms with E-state index in [1.165, 1.54) is 6.20 Å². The van der Waals surface area contributed by atoms with E-state index in [2.05, 4.69) is 46.4 Å². The summed E-state index contributed by atoms with van der Waals surface area (Å²) < 4.78 is 30.9. The van der Waals surface area contributed by atoms with Crippen molar-refractivity contribution in [3.05, 3.63) is 71.4 Å². The number of rotatable bonds is 8. The second-order valence-corrected chi connectivity index (χ2v) is 12.4. The first-order valence-electron chi connectivity index (χ1n) is 12.0. The smallest absolute Gasteiger partial charge is 0.231 e. The fourth-order valence-electron chi connectivity index (χ4n) is 4.23. The van der Waals surface area contributed by atoms with Gasteiger partial charge < -0.3 is 9.64 Å². The van der Waals surface area contributed by atoms with Crippen LogP contribution in [0, 0.1) is 11.3 Å². The Morgan fingerprint density at radius 1 is 1.03 bits per heavy atom. The molecule has 0 saturated heterocycles. The van der Waals surface area contributed by atoms with Crippen LogP contribution in [0.1, 0.15) is 26.3 Å². The van der Waals surface area contributed by atoms with E-state index < -0.39 is 10.0 Å². The van der Waals surface area contributed by atoms with Gasteiger partial charge in [0.2, 0.25) is 10.0 Å². The van der Waals surface area contributed by atoms with Crippen LogP contribution in [0.5, 0.6) is 5.75 Å². The molecule has 11 heteroatoms. The molecular formula is C28H27Cl2N5O3S. The Balaban J connectivity index is 1.68. The summed E-state index contributed by atoms with van der Waals surface area (Å²) in [6.45, 7) is 6.48. The number of ether oxygens (including phenoxy) is 1. The topological polar surface area (TPSA) is 108 Å². The number of fused-ring (bicyclic) bond motifs is 1. The molecule has 3 aromatic carbocycles. The Bertz CT molecular complexity index is 1660. The lowest BCUT2D eigenvalue weighted by atomic mass is 10.00. The third-order valence-electron chi connectivity index (χ3n) is 5.69. The molecule has 0 fully saturated rings. The Morgan fingerprint density at radius 2 is 1.72 bits per heavy atom. The lowest BCUT2D eigenvalue weighted by Gasteiger charge is -2.38. The average Bonchev–Trinajstić information content (AvgIpc) is 2.86. The number of nitrogens with zero attached hydrogens (tertiary/aromatic N) is 4. The standard InChI is InChI=1S/C28H27Cl2N5O3S/c1-28(2,3)35(22-13-20(16-31)27(23(30)15-22)38-12-11-29)21-8-5-18(6-9-21)19-7-10-24-25(14-19)32-17-26(33-24)34-39(4,36)37/h5-10,13-15,17H,11-12H2,1-4H3,(H,33,34). The molecule has 4 rings (SSSR count). The van der Waals surface area contributed by atoms with Gasteiger partial charge in [-0.05, 0) is 68.3 Å². The number of alkyl halides is 1. The highest BCUT2D eigenvalue weighted by Crippen LogP contribution is 2.40. The van der Waals surface area contributed by atoms with Crippen molar-refractivity contribution in [3.8, 4) is 22.9 Å². The molecule has 0 amide bonds. The van der Waals surface area contributed by atoms with Gasteiger partial charge in [0.05, 0.1) is 40.0 Å². The fraction of sp³-hybridized carbons (Fsp3) is 0.250. The zero-order valence-electron chi connectivity index (χ0n) is 21.9. The van der Waals surface area contributed by atoms with E-state index in [-0.39, 0.29) is 23.8 Å². The summed E-state index contributed by atoms with van der Waals surface area (Å²) in [7, 11) is -3.44. The van der Waals surface area contributed by atoms with Crippen molar-refractivity contribution in [1.82, 2.24) is 9.97 Å². The first kappa shape index (κ1) is 28.4. The second kappa shape index (κ2) is 11.3. The minimum atomic E-state index is -3.44. The predicted octanol–water partition coefficient (Wildman–Crippen LogP) is 6.75. The number of halogens is 2. The molecule has 0 saturated carbocycles. The normalized spacial score (nSPS) is 11.7. The first-order chi connectivity index (χ1) is 18.4. The highest BCUT2D eigenvalue weighted by molar-refractivity contribution is 7.92. The molecule has 0 atom stereocenters. The zero-order chi connectivity index (χ0) is 28.4. The molecule has 1 N–H and O–H groups in total. The largest absolute Gasteiger partial charge is 0.489 e. The van der Waals surface area contributed by atoms with E-state index in [9.17, 15) is 13.7 Å². The van der Waals surface area contributed by atoms with Gasteiger partial charge in [-0.25, -0.2) is 13.4 Å². The van der Waals surface area contributed by atoms with Crippen LogP contribution < -0.4 is 14.4 Å². The SMILES string of the molecule is CC(C)(C)N(c1ccc(-c2ccc3nc(NS(C)(=O)=O)cnc3c2)cc1)c1cc(Cl)c(OCCCl)c(C#N)c1. The lowest BCUT2D eigenvalue weighted by molar-refractivity contribution is 0.342. The number of aromatic nitrogens is 2. The van der Waals surface area contributed by atoms with Crippen molar-refractivity contribution >= 4 is 61.5 Å². The quantitative estimate of drug-likeness (QED) is 0.228. The molecule has 39 heavy (non-hydrogen) atoms. The molecule has 0 bridgehead atoms. The van der Waals surface area contributed by atoms with Gasteiger partial charge in [-0.15, -0.1) is 11.6 Å². The molecular weight excluding hydrogens is 557 g/mol. The number of anilines is 3. The monoisotopic (exact) mass is 583 g/mol. The van der Waals surface area contributed by atoms with Gasteiger partial charge in [-0.3, -0.25) is 9.71 Å². The number of hydrogen-bond donors (Lipinski definition) is 1. The third-order valence-corrected chi connectivity index (χ3v) is 6.71. The number of benzene rings is 3. The molecule has 0 aliphatic carbocycles. The minimum absolute atomic E-state index is 0.169. The maximum Gasteiger partial charge on any atom is 0.231 e. The second-order valence-electron chi connectivity index (χ2n) is 9.84. The van der Waals surface area contributed by atoms with Crippen LogP contribution in [0.3, 0.4) is 0 Å². The molecule has 8 nitrogen and oxygen atoms in total. The van der Waals surface area contributed by atoms with E-state index in [0.29, 0.717) is 27.4 Å². The van der Waals surface area contributed by atoms with Crippen LogP contribution in [0.2, 0.25) is 5.02 Å². The van der Waals surface area contributed by atoms with E-state index in [1.807, 2.05) is 36.4 Å². The molecule has 0 aliphatic rings. The number of nitrogens with one attached hydrogen (secondary N) is 1. The van der Waals surface area contributed by atoms with Gasteiger partial charge in [0, 0.05) is 16.9 Å². The molecule has 4 aromatic rings.